The van der Waals surface area contributed by atoms with E-state index in [0.717, 1.165) is 26.1 Å². The van der Waals surface area contributed by atoms with Crippen LogP contribution in [0.4, 0.5) is 0 Å². The maximum absolute atomic E-state index is 9.21. The second-order valence-corrected chi connectivity index (χ2v) is 3.66. The number of aliphatic hydroxyl groups is 1. The molecule has 76 valence electrons. The zero-order valence-electron chi connectivity index (χ0n) is 8.37. The summed E-state index contributed by atoms with van der Waals surface area (Å²) in [5.41, 5.74) is 0. The Hall–Kier alpha value is -0.380. The van der Waals surface area contributed by atoms with Gasteiger partial charge in [-0.05, 0) is 19.9 Å². The van der Waals surface area contributed by atoms with Crippen LogP contribution in [0, 0.1) is 0 Å². The van der Waals surface area contributed by atoms with E-state index in [1.165, 1.54) is 0 Å². The van der Waals surface area contributed by atoms with Crippen molar-refractivity contribution in [3.05, 3.63) is 12.7 Å². The van der Waals surface area contributed by atoms with Gasteiger partial charge in [0.05, 0.1) is 6.61 Å². The predicted octanol–water partition coefficient (Wildman–Crippen LogP) is 0.217. The van der Waals surface area contributed by atoms with Crippen LogP contribution < -0.4 is 5.32 Å². The van der Waals surface area contributed by atoms with Gasteiger partial charge in [0.25, 0.3) is 0 Å². The van der Waals surface area contributed by atoms with Crippen LogP contribution in [0.15, 0.2) is 12.7 Å². The summed E-state index contributed by atoms with van der Waals surface area (Å²) in [6.07, 6.45) is 3.05. The van der Waals surface area contributed by atoms with Crippen molar-refractivity contribution in [1.29, 1.82) is 0 Å². The molecule has 0 aromatic rings. The van der Waals surface area contributed by atoms with Gasteiger partial charge in [-0.25, -0.2) is 0 Å². The first-order valence-electron chi connectivity index (χ1n) is 4.97. The lowest BCUT2D eigenvalue weighted by Gasteiger charge is -2.32. The van der Waals surface area contributed by atoms with Gasteiger partial charge in [-0.1, -0.05) is 6.08 Å². The first-order chi connectivity index (χ1) is 6.29. The Bertz CT molecular complexity index is 161. The number of rotatable bonds is 3. The number of aliphatic hydroxyl groups excluding tert-OH is 1. The summed E-state index contributed by atoms with van der Waals surface area (Å²) in [5.74, 6) is 0. The van der Waals surface area contributed by atoms with E-state index >= 15 is 0 Å². The zero-order chi connectivity index (χ0) is 9.68. The van der Waals surface area contributed by atoms with Crippen LogP contribution in [0.2, 0.25) is 0 Å². The van der Waals surface area contributed by atoms with Crippen LogP contribution in [0.3, 0.4) is 0 Å². The third-order valence-electron chi connectivity index (χ3n) is 2.70. The average molecular weight is 184 g/mol. The lowest BCUT2D eigenvalue weighted by Crippen LogP contribution is -2.45. The van der Waals surface area contributed by atoms with Crippen molar-refractivity contribution < 1.29 is 5.11 Å². The van der Waals surface area contributed by atoms with Gasteiger partial charge in [-0.3, -0.25) is 4.90 Å². The molecule has 0 radical (unpaired) electrons. The summed E-state index contributed by atoms with van der Waals surface area (Å²) in [6.45, 7) is 8.98. The highest BCUT2D eigenvalue weighted by Crippen LogP contribution is 2.11. The molecule has 1 aliphatic heterocycles. The van der Waals surface area contributed by atoms with Crippen LogP contribution in [0.5, 0.6) is 0 Å². The minimum absolute atomic E-state index is 0.227. The van der Waals surface area contributed by atoms with Crippen LogP contribution in [0.25, 0.3) is 0 Å². The first kappa shape index (κ1) is 10.7. The molecule has 2 N–H and O–H groups in total. The normalized spacial score (nSPS) is 31.2. The minimum atomic E-state index is 0.227. The van der Waals surface area contributed by atoms with Crippen molar-refractivity contribution in [2.45, 2.75) is 25.4 Å². The Kier molecular flexibility index (Phi) is 4.42. The molecule has 0 saturated carbocycles. The topological polar surface area (TPSA) is 35.5 Å². The molecule has 13 heavy (non-hydrogen) atoms. The molecule has 1 heterocycles. The van der Waals surface area contributed by atoms with Gasteiger partial charge in [0.15, 0.2) is 0 Å². The van der Waals surface area contributed by atoms with Gasteiger partial charge in [-0.15, -0.1) is 6.58 Å². The minimum Gasteiger partial charge on any atom is -0.395 e. The number of nitrogens with zero attached hydrogens (tertiary/aromatic N) is 1. The fourth-order valence-electron chi connectivity index (χ4n) is 1.87. The molecule has 3 heteroatoms. The molecule has 0 aliphatic carbocycles. The molecule has 0 amide bonds. The molecule has 1 rings (SSSR count). The smallest absolute Gasteiger partial charge is 0.0599 e. The van der Waals surface area contributed by atoms with Crippen LogP contribution in [0.1, 0.15) is 13.3 Å². The number of hydrogen-bond acceptors (Lipinski definition) is 3. The van der Waals surface area contributed by atoms with E-state index in [1.807, 2.05) is 6.08 Å². The Morgan fingerprint density at radius 1 is 1.69 bits per heavy atom. The first-order valence-corrected chi connectivity index (χ1v) is 4.97. The van der Waals surface area contributed by atoms with Gasteiger partial charge in [-0.2, -0.15) is 0 Å². The van der Waals surface area contributed by atoms with E-state index in [2.05, 4.69) is 23.7 Å². The van der Waals surface area contributed by atoms with Crippen LogP contribution >= 0.6 is 0 Å². The molecule has 1 saturated heterocycles. The standard InChI is InChI=1S/C10H20N2O/c1-3-6-12-9(2)4-5-11-7-10(12)8-13/h3,9-11,13H,1,4-8H2,2H3. The SMILES string of the molecule is C=CCN1C(C)CCNCC1CO. The largest absolute Gasteiger partial charge is 0.395 e. The summed E-state index contributed by atoms with van der Waals surface area (Å²) < 4.78 is 0. The molecule has 1 aliphatic rings. The summed E-state index contributed by atoms with van der Waals surface area (Å²) in [5, 5.41) is 12.5. The van der Waals surface area contributed by atoms with E-state index in [4.69, 9.17) is 0 Å². The Labute approximate surface area is 80.4 Å². The molecule has 1 fully saturated rings. The van der Waals surface area contributed by atoms with Gasteiger partial charge in [0, 0.05) is 25.2 Å². The van der Waals surface area contributed by atoms with E-state index in [0.29, 0.717) is 6.04 Å². The third-order valence-corrected chi connectivity index (χ3v) is 2.70. The van der Waals surface area contributed by atoms with Crippen molar-refractivity contribution in [3.8, 4) is 0 Å². The van der Waals surface area contributed by atoms with Gasteiger partial charge in [0.1, 0.15) is 0 Å². The van der Waals surface area contributed by atoms with Crippen molar-refractivity contribution in [2.24, 2.45) is 0 Å². The Balaban J connectivity index is 2.60. The maximum atomic E-state index is 9.21. The molecule has 0 bridgehead atoms. The molecule has 3 nitrogen and oxygen atoms in total. The van der Waals surface area contributed by atoms with Crippen LogP contribution in [-0.2, 0) is 0 Å². The highest BCUT2D eigenvalue weighted by atomic mass is 16.3. The van der Waals surface area contributed by atoms with Crippen molar-refractivity contribution in [1.82, 2.24) is 10.2 Å². The second-order valence-electron chi connectivity index (χ2n) is 3.66. The van der Waals surface area contributed by atoms with Crippen molar-refractivity contribution in [2.75, 3.05) is 26.2 Å². The highest BCUT2D eigenvalue weighted by molar-refractivity contribution is 4.86. The molecule has 2 atom stereocenters. The predicted molar refractivity (Wildman–Crippen MR) is 54.7 cm³/mol. The Morgan fingerprint density at radius 3 is 3.08 bits per heavy atom. The third kappa shape index (κ3) is 2.79. The van der Waals surface area contributed by atoms with Crippen molar-refractivity contribution in [3.63, 3.8) is 0 Å². The second kappa shape index (κ2) is 5.37. The summed E-state index contributed by atoms with van der Waals surface area (Å²) in [7, 11) is 0. The monoisotopic (exact) mass is 184 g/mol. The quantitative estimate of drug-likeness (QED) is 0.616. The fourth-order valence-corrected chi connectivity index (χ4v) is 1.87. The van der Waals surface area contributed by atoms with E-state index < -0.39 is 0 Å². The molecule has 2 unspecified atom stereocenters. The molecule has 0 spiro atoms. The number of nitrogens with one attached hydrogen (secondary N) is 1. The lowest BCUT2D eigenvalue weighted by atomic mass is 10.1. The fraction of sp³-hybridized carbons (Fsp3) is 0.800. The summed E-state index contributed by atoms with van der Waals surface area (Å²) in [4.78, 5) is 2.31. The number of hydrogen-bond donors (Lipinski definition) is 2. The Morgan fingerprint density at radius 2 is 2.46 bits per heavy atom. The molecular formula is C10H20N2O. The van der Waals surface area contributed by atoms with E-state index in [-0.39, 0.29) is 12.6 Å². The molecule has 0 aromatic heterocycles. The van der Waals surface area contributed by atoms with E-state index in [9.17, 15) is 5.11 Å². The lowest BCUT2D eigenvalue weighted by molar-refractivity contribution is 0.110. The highest BCUT2D eigenvalue weighted by Gasteiger charge is 2.23. The van der Waals surface area contributed by atoms with Crippen molar-refractivity contribution >= 4 is 0 Å². The van der Waals surface area contributed by atoms with Gasteiger partial charge >= 0.3 is 0 Å². The average Bonchev–Trinajstić information content (AvgIpc) is 2.30. The zero-order valence-corrected chi connectivity index (χ0v) is 8.37. The van der Waals surface area contributed by atoms with E-state index in [1.54, 1.807) is 0 Å². The summed E-state index contributed by atoms with van der Waals surface area (Å²) >= 11 is 0. The molecular weight excluding hydrogens is 164 g/mol. The maximum Gasteiger partial charge on any atom is 0.0599 e. The summed E-state index contributed by atoms with van der Waals surface area (Å²) in [6, 6.07) is 0.778. The van der Waals surface area contributed by atoms with Crippen LogP contribution in [-0.4, -0.2) is 48.3 Å². The van der Waals surface area contributed by atoms with Gasteiger partial charge in [0.2, 0.25) is 0 Å². The van der Waals surface area contributed by atoms with Gasteiger partial charge < -0.3 is 10.4 Å². The molecule has 0 aromatic carbocycles.